The minimum atomic E-state index is -0.646. The van der Waals surface area contributed by atoms with E-state index in [1.165, 1.54) is 6.08 Å². The predicted octanol–water partition coefficient (Wildman–Crippen LogP) is 0.637. The van der Waals surface area contributed by atoms with Crippen molar-refractivity contribution in [2.75, 3.05) is 0 Å². The first-order valence-corrected chi connectivity index (χ1v) is 5.32. The van der Waals surface area contributed by atoms with Gasteiger partial charge in [0, 0.05) is 12.4 Å². The molecule has 0 bridgehead atoms. The van der Waals surface area contributed by atoms with Crippen LogP contribution in [0.3, 0.4) is 0 Å². The quantitative estimate of drug-likeness (QED) is 0.357. The molecule has 0 unspecified atom stereocenters. The van der Waals surface area contributed by atoms with Gasteiger partial charge in [-0.15, -0.1) is 0 Å². The van der Waals surface area contributed by atoms with Crippen LogP contribution in [0.5, 0.6) is 0 Å². The van der Waals surface area contributed by atoms with Crippen molar-refractivity contribution in [3.63, 3.8) is 0 Å². The van der Waals surface area contributed by atoms with Gasteiger partial charge in [-0.3, -0.25) is 24.7 Å². The Bertz CT molecular complexity index is 537. The van der Waals surface area contributed by atoms with E-state index in [0.29, 0.717) is 0 Å². The van der Waals surface area contributed by atoms with Crippen molar-refractivity contribution in [1.29, 1.82) is 0 Å². The maximum Gasteiger partial charge on any atom is 0.261 e. The van der Waals surface area contributed by atoms with Crippen molar-refractivity contribution >= 4 is 23.7 Å². The Morgan fingerprint density at radius 1 is 1.28 bits per heavy atom. The maximum atomic E-state index is 11.5. The first kappa shape index (κ1) is 11.9. The summed E-state index contributed by atoms with van der Waals surface area (Å²) in [4.78, 5) is 37.7. The summed E-state index contributed by atoms with van der Waals surface area (Å²) in [5.41, 5.74) is 0.851. The number of carbonyl (C=O) groups is 3. The maximum absolute atomic E-state index is 11.5. The van der Waals surface area contributed by atoms with E-state index in [1.54, 1.807) is 30.6 Å². The second-order valence-corrected chi connectivity index (χ2v) is 3.70. The summed E-state index contributed by atoms with van der Waals surface area (Å²) in [7, 11) is 0. The van der Waals surface area contributed by atoms with E-state index in [-0.39, 0.29) is 12.0 Å². The van der Waals surface area contributed by atoms with Crippen molar-refractivity contribution in [3.8, 4) is 0 Å². The highest BCUT2D eigenvalue weighted by atomic mass is 16.2. The third-order valence-electron chi connectivity index (χ3n) is 2.36. The fourth-order valence-electron chi connectivity index (χ4n) is 1.50. The molecule has 1 fully saturated rings. The standard InChI is InChI=1S/C13H10N2O3/c16-11-7-12(17)15-13(18)10(11)5-1-3-9-4-2-6-14-8-9/h1-6,8H,7H2,(H,15,17,18)/b3-1+,10-5+. The van der Waals surface area contributed by atoms with Crippen LogP contribution >= 0.6 is 0 Å². The topological polar surface area (TPSA) is 76.1 Å². The highest BCUT2D eigenvalue weighted by molar-refractivity contribution is 6.30. The molecule has 5 nitrogen and oxygen atoms in total. The van der Waals surface area contributed by atoms with Crippen LogP contribution in [0.1, 0.15) is 12.0 Å². The fraction of sp³-hybridized carbons (Fsp3) is 0.0769. The highest BCUT2D eigenvalue weighted by Gasteiger charge is 2.27. The number of imide groups is 1. The van der Waals surface area contributed by atoms with Crippen LogP contribution in [0.2, 0.25) is 0 Å². The number of rotatable bonds is 2. The Morgan fingerprint density at radius 3 is 2.78 bits per heavy atom. The minimum Gasteiger partial charge on any atom is -0.293 e. The second-order valence-electron chi connectivity index (χ2n) is 3.70. The van der Waals surface area contributed by atoms with E-state index in [9.17, 15) is 14.4 Å². The molecule has 0 aliphatic carbocycles. The first-order chi connectivity index (χ1) is 8.66. The normalized spacial score (nSPS) is 18.4. The number of carbonyl (C=O) groups excluding carboxylic acids is 3. The minimum absolute atomic E-state index is 0.00487. The highest BCUT2D eigenvalue weighted by Crippen LogP contribution is 2.08. The molecule has 1 saturated heterocycles. The second kappa shape index (κ2) is 5.18. The molecule has 0 spiro atoms. The van der Waals surface area contributed by atoms with E-state index in [1.807, 2.05) is 6.07 Å². The van der Waals surface area contributed by atoms with Gasteiger partial charge in [0.1, 0.15) is 0 Å². The smallest absolute Gasteiger partial charge is 0.261 e. The van der Waals surface area contributed by atoms with Crippen LogP contribution < -0.4 is 5.32 Å². The summed E-state index contributed by atoms with van der Waals surface area (Å²) >= 11 is 0. The van der Waals surface area contributed by atoms with Crippen LogP contribution in [0.4, 0.5) is 0 Å². The molecule has 2 heterocycles. The number of pyridine rings is 1. The lowest BCUT2D eigenvalue weighted by Crippen LogP contribution is -2.40. The monoisotopic (exact) mass is 242 g/mol. The molecular formula is C13H10N2O3. The van der Waals surface area contributed by atoms with E-state index in [4.69, 9.17) is 0 Å². The number of allylic oxidation sites excluding steroid dienone is 2. The summed E-state index contributed by atoms with van der Waals surface area (Å²) < 4.78 is 0. The molecule has 90 valence electrons. The zero-order valence-corrected chi connectivity index (χ0v) is 9.42. The van der Waals surface area contributed by atoms with Crippen LogP contribution in [-0.4, -0.2) is 22.6 Å². The Hall–Kier alpha value is -2.56. The Balaban J connectivity index is 2.14. The number of aromatic nitrogens is 1. The summed E-state index contributed by atoms with van der Waals surface area (Å²) in [6.45, 7) is 0. The molecule has 1 aromatic rings. The van der Waals surface area contributed by atoms with Crippen molar-refractivity contribution in [1.82, 2.24) is 10.3 Å². The molecular weight excluding hydrogens is 232 g/mol. The predicted molar refractivity (Wildman–Crippen MR) is 64.1 cm³/mol. The summed E-state index contributed by atoms with van der Waals surface area (Å²) in [5, 5.41) is 2.10. The van der Waals surface area contributed by atoms with Crippen LogP contribution in [0.25, 0.3) is 6.08 Å². The number of hydrogen-bond donors (Lipinski definition) is 1. The number of hydrogen-bond acceptors (Lipinski definition) is 4. The lowest BCUT2D eigenvalue weighted by Gasteiger charge is -2.11. The molecule has 18 heavy (non-hydrogen) atoms. The summed E-state index contributed by atoms with van der Waals surface area (Å²) in [6.07, 6.45) is 7.73. The first-order valence-electron chi connectivity index (χ1n) is 5.32. The SMILES string of the molecule is O=C1CC(=O)/C(=C\C=C\c2cccnc2)C(=O)N1. The average Bonchev–Trinajstić information content (AvgIpc) is 2.34. The summed E-state index contributed by atoms with van der Waals surface area (Å²) in [5.74, 6) is -1.66. The number of nitrogens with zero attached hydrogens (tertiary/aromatic N) is 1. The number of piperidine rings is 1. The molecule has 1 aliphatic rings. The van der Waals surface area contributed by atoms with Crippen molar-refractivity contribution in [3.05, 3.63) is 47.8 Å². The van der Waals surface area contributed by atoms with Gasteiger partial charge in [-0.25, -0.2) is 0 Å². The van der Waals surface area contributed by atoms with Crippen LogP contribution in [0, 0.1) is 0 Å². The van der Waals surface area contributed by atoms with Gasteiger partial charge in [-0.2, -0.15) is 0 Å². The number of amides is 2. The Morgan fingerprint density at radius 2 is 2.11 bits per heavy atom. The van der Waals surface area contributed by atoms with Gasteiger partial charge in [0.15, 0.2) is 5.78 Å². The average molecular weight is 242 g/mol. The van der Waals surface area contributed by atoms with Crippen molar-refractivity contribution < 1.29 is 14.4 Å². The van der Waals surface area contributed by atoms with Gasteiger partial charge in [-0.05, 0) is 17.7 Å². The lowest BCUT2D eigenvalue weighted by atomic mass is 10.0. The molecule has 0 radical (unpaired) electrons. The van der Waals surface area contributed by atoms with Crippen LogP contribution in [0.15, 0.2) is 42.3 Å². The zero-order chi connectivity index (χ0) is 13.0. The van der Waals surface area contributed by atoms with Gasteiger partial charge < -0.3 is 0 Å². The number of ketones is 1. The zero-order valence-electron chi connectivity index (χ0n) is 9.42. The summed E-state index contributed by atoms with van der Waals surface area (Å²) in [6, 6.07) is 3.62. The fourth-order valence-corrected chi connectivity index (χ4v) is 1.50. The van der Waals surface area contributed by atoms with Crippen molar-refractivity contribution in [2.45, 2.75) is 6.42 Å². The molecule has 2 rings (SSSR count). The molecule has 0 saturated carbocycles. The van der Waals surface area contributed by atoms with E-state index in [0.717, 1.165) is 5.56 Å². The van der Waals surface area contributed by atoms with E-state index in [2.05, 4.69) is 10.3 Å². The number of Topliss-reactive ketones (excluding diaryl/α,β-unsaturated/α-hetero) is 1. The van der Waals surface area contributed by atoms with E-state index < -0.39 is 17.6 Å². The van der Waals surface area contributed by atoms with Gasteiger partial charge in [-0.1, -0.05) is 18.2 Å². The molecule has 0 atom stereocenters. The van der Waals surface area contributed by atoms with Gasteiger partial charge in [0.25, 0.3) is 5.91 Å². The molecule has 1 aromatic heterocycles. The molecule has 1 aliphatic heterocycles. The lowest BCUT2D eigenvalue weighted by molar-refractivity contribution is -0.134. The third-order valence-corrected chi connectivity index (χ3v) is 2.36. The molecule has 1 N–H and O–H groups in total. The largest absolute Gasteiger partial charge is 0.293 e. The third kappa shape index (κ3) is 2.76. The van der Waals surface area contributed by atoms with E-state index >= 15 is 0 Å². The van der Waals surface area contributed by atoms with Gasteiger partial charge in [0.2, 0.25) is 5.91 Å². The van der Waals surface area contributed by atoms with Crippen LogP contribution in [-0.2, 0) is 14.4 Å². The Labute approximate surface area is 103 Å². The number of nitrogens with one attached hydrogen (secondary N) is 1. The van der Waals surface area contributed by atoms with Gasteiger partial charge in [0.05, 0.1) is 12.0 Å². The molecule has 0 aromatic carbocycles. The van der Waals surface area contributed by atoms with Gasteiger partial charge >= 0.3 is 0 Å². The van der Waals surface area contributed by atoms with Crippen molar-refractivity contribution in [2.24, 2.45) is 0 Å². The molecule has 2 amide bonds. The Kier molecular flexibility index (Phi) is 3.43. The molecule has 5 heteroatoms.